The third-order valence-corrected chi connectivity index (χ3v) is 8.04. The van der Waals surface area contributed by atoms with Gasteiger partial charge in [0.15, 0.2) is 5.84 Å². The molecule has 8 rings (SSSR count). The zero-order valence-corrected chi connectivity index (χ0v) is 22.9. The van der Waals surface area contributed by atoms with E-state index in [0.717, 1.165) is 28.4 Å². The number of amidine groups is 2. The molecule has 0 aliphatic carbocycles. The van der Waals surface area contributed by atoms with Crippen molar-refractivity contribution in [1.29, 1.82) is 0 Å². The summed E-state index contributed by atoms with van der Waals surface area (Å²) in [5.74, 6) is 1.56. The van der Waals surface area contributed by atoms with Gasteiger partial charge in [0, 0.05) is 11.1 Å². The van der Waals surface area contributed by atoms with Gasteiger partial charge >= 0.3 is 0 Å². The number of rotatable bonds is 4. The Morgan fingerprint density at radius 3 is 1.64 bits per heavy atom. The van der Waals surface area contributed by atoms with Gasteiger partial charge in [-0.15, -0.1) is 0 Å². The molecule has 1 aliphatic rings. The molecule has 0 amide bonds. The van der Waals surface area contributed by atoms with Crippen LogP contribution < -0.4 is 5.32 Å². The Kier molecular flexibility index (Phi) is 5.86. The molecule has 1 unspecified atom stereocenters. The fourth-order valence-corrected chi connectivity index (χ4v) is 5.81. The van der Waals surface area contributed by atoms with Crippen LogP contribution >= 0.6 is 0 Å². The lowest BCUT2D eigenvalue weighted by molar-refractivity contribution is 0.675. The van der Waals surface area contributed by atoms with Crippen LogP contribution in [-0.2, 0) is 0 Å². The maximum atomic E-state index is 5.04. The SMILES string of the molecule is c1ccc(C2=NC(c3ccc4cc(-c5ccc6cc7ccccc7cc6c5)ccc4c3)NC(c3ccccc3)=N2)cc1. The van der Waals surface area contributed by atoms with Gasteiger partial charge in [-0.05, 0) is 79.3 Å². The molecular weight excluding hydrogens is 510 g/mol. The highest BCUT2D eigenvalue weighted by Crippen LogP contribution is 2.31. The second kappa shape index (κ2) is 10.1. The van der Waals surface area contributed by atoms with Crippen LogP contribution in [0.15, 0.2) is 162 Å². The predicted octanol–water partition coefficient (Wildman–Crippen LogP) is 9.31. The van der Waals surface area contributed by atoms with Gasteiger partial charge < -0.3 is 5.32 Å². The minimum Gasteiger partial charge on any atom is -0.344 e. The molecular formula is C39H27N3. The highest BCUT2D eigenvalue weighted by Gasteiger charge is 2.21. The summed E-state index contributed by atoms with van der Waals surface area (Å²) < 4.78 is 0. The van der Waals surface area contributed by atoms with Crippen molar-refractivity contribution < 1.29 is 0 Å². The number of benzene rings is 7. The van der Waals surface area contributed by atoms with E-state index in [1.807, 2.05) is 36.4 Å². The van der Waals surface area contributed by atoms with E-state index in [1.54, 1.807) is 0 Å². The van der Waals surface area contributed by atoms with Crippen molar-refractivity contribution in [2.24, 2.45) is 9.98 Å². The van der Waals surface area contributed by atoms with Crippen molar-refractivity contribution in [3.8, 4) is 11.1 Å². The van der Waals surface area contributed by atoms with E-state index in [9.17, 15) is 0 Å². The Morgan fingerprint density at radius 1 is 0.405 bits per heavy atom. The van der Waals surface area contributed by atoms with Crippen molar-refractivity contribution in [2.75, 3.05) is 0 Å². The Labute approximate surface area is 244 Å². The molecule has 3 heteroatoms. The minimum absolute atomic E-state index is 0.243. The largest absolute Gasteiger partial charge is 0.344 e. The predicted molar refractivity (Wildman–Crippen MR) is 176 cm³/mol. The molecule has 42 heavy (non-hydrogen) atoms. The van der Waals surface area contributed by atoms with E-state index in [-0.39, 0.29) is 6.17 Å². The second-order valence-electron chi connectivity index (χ2n) is 10.8. The first-order valence-electron chi connectivity index (χ1n) is 14.3. The molecule has 7 aromatic carbocycles. The number of aliphatic imine (C=N–C) groups is 2. The van der Waals surface area contributed by atoms with Crippen LogP contribution in [-0.4, -0.2) is 11.7 Å². The van der Waals surface area contributed by atoms with E-state index in [1.165, 1.54) is 43.4 Å². The summed E-state index contributed by atoms with van der Waals surface area (Å²) in [5, 5.41) is 11.0. The van der Waals surface area contributed by atoms with Gasteiger partial charge in [-0.25, -0.2) is 9.98 Å². The molecule has 1 N–H and O–H groups in total. The number of hydrogen-bond acceptors (Lipinski definition) is 3. The van der Waals surface area contributed by atoms with E-state index >= 15 is 0 Å². The van der Waals surface area contributed by atoms with Gasteiger partial charge in [0.05, 0.1) is 0 Å². The average molecular weight is 538 g/mol. The van der Waals surface area contributed by atoms with E-state index in [4.69, 9.17) is 9.98 Å². The molecule has 3 nitrogen and oxygen atoms in total. The zero-order valence-electron chi connectivity index (χ0n) is 22.9. The van der Waals surface area contributed by atoms with Gasteiger partial charge in [0.1, 0.15) is 12.0 Å². The summed E-state index contributed by atoms with van der Waals surface area (Å²) in [5.41, 5.74) is 5.58. The van der Waals surface area contributed by atoms with Crippen LogP contribution in [0.5, 0.6) is 0 Å². The van der Waals surface area contributed by atoms with E-state index < -0.39 is 0 Å². The first-order valence-corrected chi connectivity index (χ1v) is 14.3. The minimum atomic E-state index is -0.243. The number of hydrogen-bond donors (Lipinski definition) is 1. The van der Waals surface area contributed by atoms with Crippen LogP contribution in [0.4, 0.5) is 0 Å². The second-order valence-corrected chi connectivity index (χ2v) is 10.8. The number of nitrogens with one attached hydrogen (secondary N) is 1. The van der Waals surface area contributed by atoms with Crippen molar-refractivity contribution in [1.82, 2.24) is 5.32 Å². The van der Waals surface area contributed by atoms with Crippen molar-refractivity contribution in [2.45, 2.75) is 6.17 Å². The fraction of sp³-hybridized carbons (Fsp3) is 0.0256. The monoisotopic (exact) mass is 537 g/mol. The van der Waals surface area contributed by atoms with Crippen LogP contribution in [0, 0.1) is 0 Å². The summed E-state index contributed by atoms with van der Waals surface area (Å²) in [7, 11) is 0. The van der Waals surface area contributed by atoms with Crippen LogP contribution in [0.1, 0.15) is 22.9 Å². The smallest absolute Gasteiger partial charge is 0.159 e. The Hall–Kier alpha value is -5.54. The molecule has 198 valence electrons. The zero-order chi connectivity index (χ0) is 27.9. The summed E-state index contributed by atoms with van der Waals surface area (Å²) in [6, 6.07) is 53.6. The molecule has 0 saturated heterocycles. The Morgan fingerprint density at radius 2 is 0.929 bits per heavy atom. The highest BCUT2D eigenvalue weighted by atomic mass is 15.2. The third kappa shape index (κ3) is 4.51. The summed E-state index contributed by atoms with van der Waals surface area (Å²) >= 11 is 0. The lowest BCUT2D eigenvalue weighted by Gasteiger charge is -2.24. The van der Waals surface area contributed by atoms with Gasteiger partial charge in [0.25, 0.3) is 0 Å². The van der Waals surface area contributed by atoms with Crippen molar-refractivity contribution in [3.05, 3.63) is 168 Å². The first kappa shape index (κ1) is 24.3. The molecule has 0 fully saturated rings. The molecule has 7 aromatic rings. The van der Waals surface area contributed by atoms with E-state index in [2.05, 4.69) is 121 Å². The first-order chi connectivity index (χ1) is 20.8. The molecule has 0 radical (unpaired) electrons. The fourth-order valence-electron chi connectivity index (χ4n) is 5.81. The maximum Gasteiger partial charge on any atom is 0.159 e. The normalized spacial score (nSPS) is 14.9. The molecule has 0 bridgehead atoms. The molecule has 0 spiro atoms. The lowest BCUT2D eigenvalue weighted by Crippen LogP contribution is -2.33. The maximum absolute atomic E-state index is 5.04. The number of nitrogens with zero attached hydrogens (tertiary/aromatic N) is 2. The lowest BCUT2D eigenvalue weighted by atomic mass is 9.96. The van der Waals surface area contributed by atoms with Gasteiger partial charge in [-0.3, -0.25) is 0 Å². The van der Waals surface area contributed by atoms with Crippen molar-refractivity contribution >= 4 is 44.0 Å². The van der Waals surface area contributed by atoms with Crippen LogP contribution in [0.3, 0.4) is 0 Å². The van der Waals surface area contributed by atoms with Crippen LogP contribution in [0.25, 0.3) is 43.4 Å². The highest BCUT2D eigenvalue weighted by molar-refractivity contribution is 6.13. The Bertz CT molecular complexity index is 2160. The topological polar surface area (TPSA) is 36.8 Å². The van der Waals surface area contributed by atoms with E-state index in [0.29, 0.717) is 0 Å². The number of fused-ring (bicyclic) bond motifs is 3. The van der Waals surface area contributed by atoms with Gasteiger partial charge in [0.2, 0.25) is 0 Å². The van der Waals surface area contributed by atoms with Gasteiger partial charge in [-0.2, -0.15) is 0 Å². The van der Waals surface area contributed by atoms with Crippen LogP contribution in [0.2, 0.25) is 0 Å². The average Bonchev–Trinajstić information content (AvgIpc) is 3.07. The Balaban J connectivity index is 1.15. The molecule has 1 atom stereocenters. The van der Waals surface area contributed by atoms with Gasteiger partial charge in [-0.1, -0.05) is 121 Å². The summed E-state index contributed by atoms with van der Waals surface area (Å²) in [4.78, 5) is 9.94. The third-order valence-electron chi connectivity index (χ3n) is 8.04. The molecule has 1 heterocycles. The summed E-state index contributed by atoms with van der Waals surface area (Å²) in [6.07, 6.45) is -0.243. The molecule has 0 aromatic heterocycles. The standard InChI is InChI=1S/C39H27N3/c1-3-9-26(10-4-1)37-40-38(27-11-5-2-6-12-27)42-39(41-37)35-20-19-31-22-30(15-16-32(31)23-35)33-17-18-34-21-28-13-7-8-14-29(28)24-36(34)25-33/h1-25,39H,(H,40,41,42). The summed E-state index contributed by atoms with van der Waals surface area (Å²) in [6.45, 7) is 0. The quantitative estimate of drug-likeness (QED) is 0.223. The van der Waals surface area contributed by atoms with Crippen molar-refractivity contribution in [3.63, 3.8) is 0 Å². The molecule has 1 aliphatic heterocycles. The molecule has 0 saturated carbocycles.